The predicted molar refractivity (Wildman–Crippen MR) is 506 cm³/mol. The van der Waals surface area contributed by atoms with Crippen molar-refractivity contribution in [2.75, 3.05) is 81.4 Å². The zero-order chi connectivity index (χ0) is 93.5. The first kappa shape index (κ1) is 93.8. The van der Waals surface area contributed by atoms with Gasteiger partial charge in [0.1, 0.15) is 17.3 Å². The lowest BCUT2D eigenvalue weighted by Crippen LogP contribution is -2.42. The molecular weight excluding hydrogens is 1700 g/mol. The summed E-state index contributed by atoms with van der Waals surface area (Å²) >= 11 is 0. The second kappa shape index (κ2) is 44.9. The molecule has 0 bridgehead atoms. The average molecular weight is 1810 g/mol. The minimum Gasteiger partial charge on any atom is -0.326 e. The number of carbonyl (C=O) groups excluding carboxylic acids is 8. The molecule has 18 N–H and O–H groups in total. The zero-order valence-electron chi connectivity index (χ0n) is 73.5. The van der Waals surface area contributed by atoms with Crippen molar-refractivity contribution < 1.29 is 64.4 Å². The van der Waals surface area contributed by atoms with E-state index in [0.717, 1.165) is 223 Å². The number of amides is 8. The highest BCUT2D eigenvalue weighted by atomic mass is 16.5. The Morgan fingerprint density at radius 3 is 1.28 bits per heavy atom. The van der Waals surface area contributed by atoms with E-state index in [4.69, 9.17) is 26.0 Å². The van der Waals surface area contributed by atoms with Crippen LogP contribution in [0.25, 0.3) is 87.9 Å². The highest BCUT2D eigenvalue weighted by molar-refractivity contribution is 6.02. The smallest absolute Gasteiger partial charge is 0.293 e. The summed E-state index contributed by atoms with van der Waals surface area (Å²) in [7, 11) is 0. The van der Waals surface area contributed by atoms with E-state index in [-0.39, 0.29) is 46.4 Å². The summed E-state index contributed by atoms with van der Waals surface area (Å²) in [6.07, 6.45) is 20.3. The normalized spacial score (nSPS) is 15.4. The Morgan fingerprint density at radius 1 is 0.351 bits per heavy atom. The summed E-state index contributed by atoms with van der Waals surface area (Å²) in [6, 6.07) is 59.1. The molecule has 5 saturated heterocycles. The minimum atomic E-state index is -0.606. The fourth-order valence-corrected chi connectivity index (χ4v) is 16.9. The molecule has 1 atom stereocenters. The number of pyridine rings is 8. The predicted octanol–water partition coefficient (Wildman–Crippen LogP) is 12.3. The third-order valence-electron chi connectivity index (χ3n) is 24.7. The van der Waals surface area contributed by atoms with Crippen molar-refractivity contribution in [2.45, 2.75) is 83.0 Å². The molecule has 13 heterocycles. The van der Waals surface area contributed by atoms with Crippen LogP contribution in [0.15, 0.2) is 231 Å². The summed E-state index contributed by atoms with van der Waals surface area (Å²) < 4.78 is 0. The van der Waals surface area contributed by atoms with Gasteiger partial charge in [0.2, 0.25) is 17.7 Å². The van der Waals surface area contributed by atoms with Crippen molar-refractivity contribution in [3.8, 4) is 33.4 Å². The quantitative estimate of drug-likeness (QED) is 0.0280. The number of anilines is 3. The first-order chi connectivity index (χ1) is 65.3. The zero-order valence-corrected chi connectivity index (χ0v) is 73.5. The molecule has 686 valence electrons. The Balaban J connectivity index is 0.000000128. The molecule has 0 aliphatic carbocycles. The Labute approximate surface area is 770 Å². The van der Waals surface area contributed by atoms with E-state index in [2.05, 4.69) is 101 Å². The van der Waals surface area contributed by atoms with Gasteiger partial charge in [-0.2, -0.15) is 0 Å². The van der Waals surface area contributed by atoms with E-state index < -0.39 is 35.0 Å². The molecule has 8 amide bonds. The summed E-state index contributed by atoms with van der Waals surface area (Å²) in [5, 5.41) is 73.3. The van der Waals surface area contributed by atoms with Crippen LogP contribution in [0, 0.1) is 17.3 Å². The van der Waals surface area contributed by atoms with Gasteiger partial charge in [0.05, 0.1) is 55.8 Å². The molecular formula is C100H103N21O13. The minimum absolute atomic E-state index is 0.00557. The third kappa shape index (κ3) is 24.1. The fraction of sp³-hybridized carbons (Fsp3) is 0.260. The number of benzene rings is 6. The summed E-state index contributed by atoms with van der Waals surface area (Å²) in [5.41, 5.74) is 24.1. The number of rotatable bonds is 18. The molecule has 14 aromatic rings. The molecule has 0 radical (unpaired) electrons. The highest BCUT2D eigenvalue weighted by Gasteiger charge is 2.35. The van der Waals surface area contributed by atoms with E-state index in [9.17, 15) is 38.4 Å². The number of nitrogens with one attached hydrogen (secondary N) is 13. The summed E-state index contributed by atoms with van der Waals surface area (Å²) in [5.74, 6) is -0.713. The van der Waals surface area contributed by atoms with E-state index in [1.54, 1.807) is 70.1 Å². The van der Waals surface area contributed by atoms with Gasteiger partial charge in [0.15, 0.2) is 0 Å². The van der Waals surface area contributed by atoms with Crippen molar-refractivity contribution in [2.24, 2.45) is 17.3 Å². The molecule has 5 aliphatic rings. The highest BCUT2D eigenvalue weighted by Crippen LogP contribution is 2.35. The second-order valence-electron chi connectivity index (χ2n) is 33.7. The lowest BCUT2D eigenvalue weighted by atomic mass is 9.80. The Morgan fingerprint density at radius 2 is 0.769 bits per heavy atom. The maximum atomic E-state index is 12.8. The van der Waals surface area contributed by atoms with Crippen LogP contribution in [0.1, 0.15) is 151 Å². The molecule has 6 aromatic carbocycles. The van der Waals surface area contributed by atoms with Gasteiger partial charge in [-0.25, -0.2) is 42.4 Å². The molecule has 0 saturated carbocycles. The van der Waals surface area contributed by atoms with Gasteiger partial charge >= 0.3 is 0 Å². The first-order valence-corrected chi connectivity index (χ1v) is 44.4. The monoisotopic (exact) mass is 1810 g/mol. The van der Waals surface area contributed by atoms with Crippen LogP contribution in [0.5, 0.6) is 0 Å². The number of piperidine rings is 4. The lowest BCUT2D eigenvalue weighted by molar-refractivity contribution is -0.126. The van der Waals surface area contributed by atoms with Crippen molar-refractivity contribution >= 4 is 119 Å². The molecule has 134 heavy (non-hydrogen) atoms. The standard InChI is InChI=1S/C22H23N5O3.C22H22N4O3.C21H21N5O3.C20H20N4O2.C15H17N3O2/c1-22(5-8-23-9-6-22)21(29)26-19-12-15(4-7-24-19)14-2-3-16-10-17(20(28)27-30)13-25-18(16)11-14;27-21(17-6-7-23-12-17)25-19-3-1-2-14(9-19)8-15-4-5-16-11-18(22(28)26-29)13-24-20(16)10-15;27-20(13-3-6-22-7-4-13)25-19-11-15(5-8-23-19)14-1-2-16-9-17(21(28)26-29)12-24-18(16)10-14;25-20(24-26)17-9-16-2-1-14(10-19(16)23-12-17)15-5-8-22-18(11-15)13-3-6-21-7-4-13;19-15(18-20)14-4-2-12-9-11(1-3-13(12)17-14)10-5-7-16-8-6-10/h2-4,7,10-13,23,30H,5-6,8-9H2,1H3,(H,27,28)(H,24,26,29);1-5,9-11,13,17,23,29H,6-8,12H2,(H,25,27)(H,26,28);1-2,5,8-13,22,29H,3-4,6-7H2,(H,26,28)(H,23,25,27);1-2,5,8-13,21,26H,3-4,6-7H2,(H,24,25);1-4,9-10,16,20H,5-8H2,(H,18,19). The van der Waals surface area contributed by atoms with Gasteiger partial charge < -0.3 is 42.5 Å². The average Bonchev–Trinajstić information content (AvgIpc) is 0.876. The van der Waals surface area contributed by atoms with Gasteiger partial charge in [-0.15, -0.1) is 0 Å². The summed E-state index contributed by atoms with van der Waals surface area (Å²) in [6.45, 7) is 11.2. The van der Waals surface area contributed by atoms with Crippen LogP contribution >= 0.6 is 0 Å². The van der Waals surface area contributed by atoms with Gasteiger partial charge in [0, 0.05) is 105 Å². The largest absolute Gasteiger partial charge is 0.326 e. The van der Waals surface area contributed by atoms with E-state index in [1.165, 1.54) is 30.4 Å². The molecule has 0 spiro atoms. The molecule has 34 heteroatoms. The van der Waals surface area contributed by atoms with Crippen LogP contribution in [0.4, 0.5) is 17.3 Å². The molecule has 5 aliphatic heterocycles. The van der Waals surface area contributed by atoms with E-state index >= 15 is 0 Å². The number of nitrogens with zero attached hydrogens (tertiary/aromatic N) is 8. The number of hydroxylamine groups is 5. The Hall–Kier alpha value is -14.8. The van der Waals surface area contributed by atoms with Gasteiger partial charge in [-0.05, 0) is 294 Å². The van der Waals surface area contributed by atoms with Crippen LogP contribution in [-0.2, 0) is 20.8 Å². The van der Waals surface area contributed by atoms with E-state index in [1.807, 2.05) is 153 Å². The topological polar surface area (TPSA) is 497 Å². The molecule has 1 unspecified atom stereocenters. The van der Waals surface area contributed by atoms with E-state index in [0.29, 0.717) is 52.1 Å². The molecule has 19 rings (SSSR count). The first-order valence-electron chi connectivity index (χ1n) is 44.4. The number of aromatic nitrogens is 8. The summed E-state index contributed by atoms with van der Waals surface area (Å²) in [4.78, 5) is 130. The van der Waals surface area contributed by atoms with Crippen molar-refractivity contribution in [3.05, 3.63) is 282 Å². The maximum Gasteiger partial charge on any atom is 0.293 e. The van der Waals surface area contributed by atoms with Crippen LogP contribution in [-0.4, -0.2) is 179 Å². The Kier molecular flexibility index (Phi) is 31.4. The molecule has 34 nitrogen and oxygen atoms in total. The van der Waals surface area contributed by atoms with Gasteiger partial charge in [-0.1, -0.05) is 79.7 Å². The third-order valence-corrected chi connectivity index (χ3v) is 24.7. The number of fused-ring (bicyclic) bond motifs is 5. The second-order valence-corrected chi connectivity index (χ2v) is 33.7. The van der Waals surface area contributed by atoms with Crippen molar-refractivity contribution in [3.63, 3.8) is 0 Å². The van der Waals surface area contributed by atoms with Gasteiger partial charge in [0.25, 0.3) is 29.5 Å². The molecule has 5 fully saturated rings. The molecule has 8 aromatic heterocycles. The van der Waals surface area contributed by atoms with Crippen molar-refractivity contribution in [1.29, 1.82) is 0 Å². The fourth-order valence-electron chi connectivity index (χ4n) is 16.9. The van der Waals surface area contributed by atoms with Crippen LogP contribution in [0.2, 0.25) is 0 Å². The van der Waals surface area contributed by atoms with Crippen LogP contribution < -0.4 is 69.9 Å². The van der Waals surface area contributed by atoms with Crippen molar-refractivity contribution in [1.82, 2.24) is 93.9 Å². The Bertz CT molecular complexity index is 6640. The lowest BCUT2D eigenvalue weighted by Gasteiger charge is -2.32. The SMILES string of the molecule is CC1(C(=O)Nc2cc(-c3ccc4cc(C(=O)NO)cnc4c3)ccn2)CCNCC1.O=C(NO)c1ccc2cc(C3CCNCC3)ccc2n1.O=C(NO)c1cnc2cc(-c3ccnc(C4CCNCC4)c3)ccc2c1.O=C(NO)c1cnc2cc(-c3ccnc(NC(=O)C4CCNCC4)c3)ccc2c1.O=C(NO)c1cnc2cc(Cc3cccc(NC(=O)C4CCNC4)c3)ccc2c1. The number of hydrogen-bond donors (Lipinski definition) is 18. The maximum absolute atomic E-state index is 12.8. The number of carbonyl (C=O) groups is 8. The number of hydrogen-bond acceptors (Lipinski definition) is 26. The van der Waals surface area contributed by atoms with Gasteiger partial charge in [-0.3, -0.25) is 89.3 Å². The van der Waals surface area contributed by atoms with Crippen LogP contribution in [0.3, 0.4) is 0 Å².